The number of hydrogen-bond acceptors (Lipinski definition) is 1. The summed E-state index contributed by atoms with van der Waals surface area (Å²) in [5, 5.41) is 0. The fourth-order valence-electron chi connectivity index (χ4n) is 1.21. The summed E-state index contributed by atoms with van der Waals surface area (Å²) >= 11 is 0. The van der Waals surface area contributed by atoms with E-state index >= 15 is 0 Å². The zero-order valence-corrected chi connectivity index (χ0v) is 9.05. The van der Waals surface area contributed by atoms with E-state index in [1.807, 2.05) is 4.90 Å². The zero-order chi connectivity index (χ0) is 10.3. The van der Waals surface area contributed by atoms with Gasteiger partial charge >= 0.3 is 0 Å². The van der Waals surface area contributed by atoms with Crippen molar-refractivity contribution in [3.8, 4) is 0 Å². The molecule has 2 heteroatoms. The van der Waals surface area contributed by atoms with Crippen molar-refractivity contribution in [3.05, 3.63) is 12.7 Å². The molecule has 1 amide bonds. The molecule has 0 aliphatic heterocycles. The minimum absolute atomic E-state index is 0.0581. The molecule has 0 saturated heterocycles. The van der Waals surface area contributed by atoms with Crippen LogP contribution in [0.15, 0.2) is 12.7 Å². The lowest BCUT2D eigenvalue weighted by Crippen LogP contribution is -2.37. The van der Waals surface area contributed by atoms with E-state index in [1.54, 1.807) is 0 Å². The van der Waals surface area contributed by atoms with Crippen molar-refractivity contribution in [1.29, 1.82) is 0 Å². The van der Waals surface area contributed by atoms with Gasteiger partial charge in [-0.15, -0.1) is 0 Å². The Bertz CT molecular complexity index is 165. The van der Waals surface area contributed by atoms with Crippen LogP contribution in [0.1, 0.15) is 40.0 Å². The van der Waals surface area contributed by atoms with Gasteiger partial charge < -0.3 is 4.90 Å². The highest BCUT2D eigenvalue weighted by atomic mass is 16.2. The monoisotopic (exact) mass is 183 g/mol. The van der Waals surface area contributed by atoms with Crippen LogP contribution >= 0.6 is 0 Å². The predicted molar refractivity (Wildman–Crippen MR) is 56.6 cm³/mol. The normalized spacial score (nSPS) is 12.2. The van der Waals surface area contributed by atoms with Crippen LogP contribution < -0.4 is 0 Å². The first-order valence-corrected chi connectivity index (χ1v) is 5.10. The number of carbonyl (C=O) groups is 1. The van der Waals surface area contributed by atoms with E-state index in [4.69, 9.17) is 0 Å². The van der Waals surface area contributed by atoms with Crippen LogP contribution in [0.25, 0.3) is 0 Å². The Morgan fingerprint density at radius 3 is 2.54 bits per heavy atom. The Hall–Kier alpha value is -0.790. The van der Waals surface area contributed by atoms with Crippen molar-refractivity contribution in [2.75, 3.05) is 6.54 Å². The average Bonchev–Trinajstić information content (AvgIpc) is 2.17. The van der Waals surface area contributed by atoms with Gasteiger partial charge in [0.05, 0.1) is 0 Å². The first kappa shape index (κ1) is 12.2. The number of nitrogens with zero attached hydrogens (tertiary/aromatic N) is 1. The van der Waals surface area contributed by atoms with E-state index in [0.717, 1.165) is 25.8 Å². The number of rotatable bonds is 6. The quantitative estimate of drug-likeness (QED) is 0.580. The van der Waals surface area contributed by atoms with Gasteiger partial charge in [-0.05, 0) is 25.8 Å². The molecule has 13 heavy (non-hydrogen) atoms. The molecular formula is C11H21NO. The number of amides is 1. The largest absolute Gasteiger partial charge is 0.336 e. The molecule has 0 N–H and O–H groups in total. The van der Waals surface area contributed by atoms with Gasteiger partial charge in [0.15, 0.2) is 0 Å². The first-order chi connectivity index (χ1) is 6.17. The second-order valence-corrected chi connectivity index (χ2v) is 3.35. The molecule has 1 unspecified atom stereocenters. The fraction of sp³-hybridized carbons (Fsp3) is 0.727. The minimum Gasteiger partial charge on any atom is -0.336 e. The second-order valence-electron chi connectivity index (χ2n) is 3.35. The van der Waals surface area contributed by atoms with E-state index in [9.17, 15) is 4.79 Å². The highest BCUT2D eigenvalue weighted by Crippen LogP contribution is 2.06. The first-order valence-electron chi connectivity index (χ1n) is 5.10. The Balaban J connectivity index is 4.17. The molecule has 0 aromatic rings. The molecule has 1 atom stereocenters. The molecule has 0 fully saturated rings. The van der Waals surface area contributed by atoms with E-state index in [1.165, 1.54) is 6.08 Å². The van der Waals surface area contributed by atoms with Crippen LogP contribution in [0.2, 0.25) is 0 Å². The summed E-state index contributed by atoms with van der Waals surface area (Å²) in [4.78, 5) is 13.3. The van der Waals surface area contributed by atoms with Gasteiger partial charge in [-0.3, -0.25) is 4.79 Å². The van der Waals surface area contributed by atoms with E-state index in [-0.39, 0.29) is 5.91 Å². The van der Waals surface area contributed by atoms with Crippen molar-refractivity contribution >= 4 is 5.91 Å². The van der Waals surface area contributed by atoms with Crippen LogP contribution in [0.5, 0.6) is 0 Å². The average molecular weight is 183 g/mol. The van der Waals surface area contributed by atoms with Crippen LogP contribution in [0.3, 0.4) is 0 Å². The Morgan fingerprint density at radius 1 is 1.54 bits per heavy atom. The Labute approximate surface area is 81.6 Å². The van der Waals surface area contributed by atoms with Gasteiger partial charge in [-0.25, -0.2) is 0 Å². The summed E-state index contributed by atoms with van der Waals surface area (Å²) in [5.74, 6) is 0.0581. The van der Waals surface area contributed by atoms with Crippen molar-refractivity contribution in [3.63, 3.8) is 0 Å². The molecule has 0 rings (SSSR count). The topological polar surface area (TPSA) is 20.3 Å². The molecule has 76 valence electrons. The third-order valence-electron chi connectivity index (χ3n) is 2.33. The summed E-state index contributed by atoms with van der Waals surface area (Å²) in [5.41, 5.74) is 0. The van der Waals surface area contributed by atoms with Crippen LogP contribution in [-0.4, -0.2) is 23.4 Å². The second kappa shape index (κ2) is 6.70. The van der Waals surface area contributed by atoms with Crippen LogP contribution in [-0.2, 0) is 4.79 Å². The molecule has 0 bridgehead atoms. The maximum atomic E-state index is 11.4. The molecule has 0 aliphatic carbocycles. The summed E-state index contributed by atoms with van der Waals surface area (Å²) in [6.07, 6.45) is 4.60. The molecule has 0 radical (unpaired) electrons. The van der Waals surface area contributed by atoms with Crippen molar-refractivity contribution in [2.24, 2.45) is 0 Å². The van der Waals surface area contributed by atoms with E-state index < -0.39 is 0 Å². The smallest absolute Gasteiger partial charge is 0.246 e. The molecule has 0 aromatic carbocycles. The Morgan fingerprint density at radius 2 is 2.15 bits per heavy atom. The molecule has 0 saturated carbocycles. The summed E-state index contributed by atoms with van der Waals surface area (Å²) < 4.78 is 0. The summed E-state index contributed by atoms with van der Waals surface area (Å²) in [6, 6.07) is 0.331. The zero-order valence-electron chi connectivity index (χ0n) is 9.05. The maximum absolute atomic E-state index is 11.4. The Kier molecular flexibility index (Phi) is 6.29. The maximum Gasteiger partial charge on any atom is 0.246 e. The SMILES string of the molecule is C=CC(=O)N(CCCC)C(C)CC. The van der Waals surface area contributed by atoms with E-state index in [2.05, 4.69) is 27.4 Å². The van der Waals surface area contributed by atoms with Gasteiger partial charge in [0.1, 0.15) is 0 Å². The molecule has 0 aliphatic rings. The van der Waals surface area contributed by atoms with Crippen LogP contribution in [0, 0.1) is 0 Å². The van der Waals surface area contributed by atoms with Gasteiger partial charge in [0.25, 0.3) is 0 Å². The third kappa shape index (κ3) is 4.11. The fourth-order valence-corrected chi connectivity index (χ4v) is 1.21. The highest BCUT2D eigenvalue weighted by Gasteiger charge is 2.14. The third-order valence-corrected chi connectivity index (χ3v) is 2.33. The van der Waals surface area contributed by atoms with Gasteiger partial charge in [0.2, 0.25) is 5.91 Å². The summed E-state index contributed by atoms with van der Waals surface area (Å²) in [7, 11) is 0. The highest BCUT2D eigenvalue weighted by molar-refractivity contribution is 5.87. The molecule has 0 heterocycles. The molecule has 0 aromatic heterocycles. The predicted octanol–water partition coefficient (Wildman–Crippen LogP) is 2.60. The molecular weight excluding hydrogens is 162 g/mol. The lowest BCUT2D eigenvalue weighted by molar-refractivity contribution is -0.128. The number of unbranched alkanes of at least 4 members (excludes halogenated alkanes) is 1. The number of carbonyl (C=O) groups excluding carboxylic acids is 1. The molecule has 2 nitrogen and oxygen atoms in total. The molecule has 0 spiro atoms. The minimum atomic E-state index is 0.0581. The van der Waals surface area contributed by atoms with Gasteiger partial charge in [-0.1, -0.05) is 26.8 Å². The standard InChI is InChI=1S/C11H21NO/c1-5-8-9-12(10(4)6-2)11(13)7-3/h7,10H,3,5-6,8-9H2,1-2,4H3. The van der Waals surface area contributed by atoms with Crippen molar-refractivity contribution < 1.29 is 4.79 Å². The lowest BCUT2D eigenvalue weighted by Gasteiger charge is -2.27. The van der Waals surface area contributed by atoms with Crippen molar-refractivity contribution in [2.45, 2.75) is 46.1 Å². The lowest BCUT2D eigenvalue weighted by atomic mass is 10.2. The van der Waals surface area contributed by atoms with Crippen LogP contribution in [0.4, 0.5) is 0 Å². The number of hydrogen-bond donors (Lipinski definition) is 0. The van der Waals surface area contributed by atoms with Gasteiger partial charge in [0, 0.05) is 12.6 Å². The van der Waals surface area contributed by atoms with Gasteiger partial charge in [-0.2, -0.15) is 0 Å². The van der Waals surface area contributed by atoms with E-state index in [0.29, 0.717) is 6.04 Å². The van der Waals surface area contributed by atoms with Crippen molar-refractivity contribution in [1.82, 2.24) is 4.90 Å². The summed E-state index contributed by atoms with van der Waals surface area (Å²) in [6.45, 7) is 10.7.